The van der Waals surface area contributed by atoms with E-state index in [1.165, 1.54) is 5.56 Å². The molecule has 3 heterocycles. The molecule has 1 aliphatic rings. The van der Waals surface area contributed by atoms with E-state index in [4.69, 9.17) is 4.99 Å². The van der Waals surface area contributed by atoms with Gasteiger partial charge in [0.2, 0.25) is 0 Å². The summed E-state index contributed by atoms with van der Waals surface area (Å²) in [7, 11) is 0. The Morgan fingerprint density at radius 2 is 1.70 bits per heavy atom. The summed E-state index contributed by atoms with van der Waals surface area (Å²) in [6.45, 7) is 11.0. The van der Waals surface area contributed by atoms with E-state index >= 15 is 0 Å². The predicted molar refractivity (Wildman–Crippen MR) is 144 cm³/mol. The molecule has 3 aromatic rings. The summed E-state index contributed by atoms with van der Waals surface area (Å²) in [4.78, 5) is 9.81. The van der Waals surface area contributed by atoms with Crippen LogP contribution >= 0.6 is 24.0 Å². The van der Waals surface area contributed by atoms with Crippen molar-refractivity contribution in [2.45, 2.75) is 26.4 Å². The molecule has 2 aromatic heterocycles. The first kappa shape index (κ1) is 25.4. The zero-order valence-electron chi connectivity index (χ0n) is 19.4. The lowest BCUT2D eigenvalue weighted by Gasteiger charge is -2.34. The maximum Gasteiger partial charge on any atom is 0.191 e. The van der Waals surface area contributed by atoms with Crippen LogP contribution < -0.4 is 10.6 Å². The predicted octanol–water partition coefficient (Wildman–Crippen LogP) is 2.61. The number of piperazine rings is 1. The smallest absolute Gasteiger partial charge is 0.191 e. The van der Waals surface area contributed by atoms with Gasteiger partial charge in [0.25, 0.3) is 0 Å². The Bertz CT molecular complexity index is 982. The highest BCUT2D eigenvalue weighted by molar-refractivity contribution is 14.0. The van der Waals surface area contributed by atoms with Crippen molar-refractivity contribution in [2.75, 3.05) is 45.8 Å². The van der Waals surface area contributed by atoms with Crippen LogP contribution in [0.4, 0.5) is 0 Å². The van der Waals surface area contributed by atoms with Gasteiger partial charge in [-0.05, 0) is 37.6 Å². The lowest BCUT2D eigenvalue weighted by atomic mass is 10.2. The third-order valence-electron chi connectivity index (χ3n) is 5.76. The molecule has 0 unspecified atom stereocenters. The molecule has 4 rings (SSSR count). The molecule has 33 heavy (non-hydrogen) atoms. The fourth-order valence-corrected chi connectivity index (χ4v) is 4.01. The van der Waals surface area contributed by atoms with Gasteiger partial charge in [-0.3, -0.25) is 9.30 Å². The minimum Gasteiger partial charge on any atom is -0.357 e. The Morgan fingerprint density at radius 3 is 2.48 bits per heavy atom. The molecule has 178 valence electrons. The van der Waals surface area contributed by atoms with E-state index in [9.17, 15) is 0 Å². The Kier molecular flexibility index (Phi) is 10.4. The van der Waals surface area contributed by atoms with Gasteiger partial charge in [-0.1, -0.05) is 36.4 Å². The van der Waals surface area contributed by atoms with Crippen molar-refractivity contribution in [3.63, 3.8) is 0 Å². The number of hydrogen-bond donors (Lipinski definition) is 2. The zero-order chi connectivity index (χ0) is 22.0. The molecule has 0 spiro atoms. The van der Waals surface area contributed by atoms with Crippen LogP contribution in [0, 0.1) is 0 Å². The van der Waals surface area contributed by atoms with Crippen LogP contribution in [0.15, 0.2) is 59.7 Å². The number of aliphatic imine (C=N–C) groups is 1. The Labute approximate surface area is 213 Å². The van der Waals surface area contributed by atoms with Gasteiger partial charge in [-0.15, -0.1) is 34.2 Å². The number of guanidine groups is 1. The summed E-state index contributed by atoms with van der Waals surface area (Å²) in [6.07, 6.45) is 3.07. The largest absolute Gasteiger partial charge is 0.357 e. The lowest BCUT2D eigenvalue weighted by Crippen LogP contribution is -2.46. The molecule has 8 nitrogen and oxygen atoms in total. The number of nitrogens with one attached hydrogen (secondary N) is 2. The van der Waals surface area contributed by atoms with Crippen LogP contribution in [0.3, 0.4) is 0 Å². The number of nitrogens with zero attached hydrogens (tertiary/aromatic N) is 6. The van der Waals surface area contributed by atoms with Gasteiger partial charge >= 0.3 is 0 Å². The Morgan fingerprint density at radius 1 is 0.939 bits per heavy atom. The molecule has 0 radical (unpaired) electrons. The zero-order valence-corrected chi connectivity index (χ0v) is 21.7. The van der Waals surface area contributed by atoms with E-state index in [0.717, 1.165) is 76.2 Å². The summed E-state index contributed by atoms with van der Waals surface area (Å²) >= 11 is 0. The van der Waals surface area contributed by atoms with Crippen LogP contribution in [0.2, 0.25) is 0 Å². The highest BCUT2D eigenvalue weighted by Crippen LogP contribution is 2.08. The molecule has 2 N–H and O–H groups in total. The average Bonchev–Trinajstić information content (AvgIpc) is 3.25. The summed E-state index contributed by atoms with van der Waals surface area (Å²) in [5.74, 6) is 1.67. The standard InChI is InChI=1S/C24H34N8.HI/c1-2-25-24(27-19-23-29-28-22-11-6-7-14-32(22)23)26-12-8-13-30-15-17-31(18-16-30)20-21-9-4-3-5-10-21;/h3-7,9-11,14H,2,8,12-13,15-20H2,1H3,(H2,25,26,27);1H. The molecule has 0 saturated carbocycles. The first-order valence-electron chi connectivity index (χ1n) is 11.6. The van der Waals surface area contributed by atoms with Gasteiger partial charge < -0.3 is 15.5 Å². The molecule has 0 bridgehead atoms. The topological polar surface area (TPSA) is 73.1 Å². The number of rotatable bonds is 9. The molecule has 0 aliphatic carbocycles. The van der Waals surface area contributed by atoms with E-state index in [-0.39, 0.29) is 24.0 Å². The number of fused-ring (bicyclic) bond motifs is 1. The van der Waals surface area contributed by atoms with E-state index in [2.05, 4.69) is 67.9 Å². The maximum atomic E-state index is 4.69. The first-order chi connectivity index (χ1) is 15.8. The van der Waals surface area contributed by atoms with Gasteiger partial charge in [0.05, 0.1) is 0 Å². The molecule has 0 atom stereocenters. The van der Waals surface area contributed by atoms with Crippen LogP contribution in [-0.2, 0) is 13.1 Å². The summed E-state index contributed by atoms with van der Waals surface area (Å²) in [5.41, 5.74) is 2.25. The van der Waals surface area contributed by atoms with Crippen LogP contribution in [0.25, 0.3) is 5.65 Å². The summed E-state index contributed by atoms with van der Waals surface area (Å²) in [5, 5.41) is 15.2. The minimum atomic E-state index is 0. The molecule has 0 amide bonds. The normalized spacial score (nSPS) is 15.4. The van der Waals surface area contributed by atoms with Crippen LogP contribution in [0.1, 0.15) is 24.7 Å². The molecule has 1 aromatic carbocycles. The molecule has 1 fully saturated rings. The second-order valence-electron chi connectivity index (χ2n) is 8.12. The molecule has 9 heteroatoms. The van der Waals surface area contributed by atoms with Gasteiger partial charge in [0.1, 0.15) is 6.54 Å². The monoisotopic (exact) mass is 562 g/mol. The molecule has 1 saturated heterocycles. The SMILES string of the molecule is CCNC(=NCc1nnc2ccccn12)NCCCN1CCN(Cc2ccccc2)CC1.I. The van der Waals surface area contributed by atoms with Crippen molar-refractivity contribution in [2.24, 2.45) is 4.99 Å². The molecular formula is C24H35IN8. The van der Waals surface area contributed by atoms with E-state index in [1.807, 2.05) is 28.8 Å². The van der Waals surface area contributed by atoms with Crippen molar-refractivity contribution >= 4 is 35.6 Å². The van der Waals surface area contributed by atoms with E-state index in [1.54, 1.807) is 0 Å². The maximum absolute atomic E-state index is 4.69. The number of benzene rings is 1. The lowest BCUT2D eigenvalue weighted by molar-refractivity contribution is 0.126. The van der Waals surface area contributed by atoms with Crippen molar-refractivity contribution in [3.8, 4) is 0 Å². The van der Waals surface area contributed by atoms with E-state index in [0.29, 0.717) is 6.54 Å². The van der Waals surface area contributed by atoms with Gasteiger partial charge in [-0.25, -0.2) is 4.99 Å². The third kappa shape index (κ3) is 7.65. The van der Waals surface area contributed by atoms with Crippen molar-refractivity contribution in [1.82, 2.24) is 35.0 Å². The van der Waals surface area contributed by atoms with Gasteiger partial charge in [0.15, 0.2) is 17.4 Å². The number of pyridine rings is 1. The van der Waals surface area contributed by atoms with E-state index < -0.39 is 0 Å². The minimum absolute atomic E-state index is 0. The summed E-state index contributed by atoms with van der Waals surface area (Å²) in [6, 6.07) is 16.7. The van der Waals surface area contributed by atoms with Gasteiger partial charge in [-0.2, -0.15) is 0 Å². The van der Waals surface area contributed by atoms with Crippen LogP contribution in [0.5, 0.6) is 0 Å². The van der Waals surface area contributed by atoms with Crippen LogP contribution in [-0.4, -0.2) is 76.2 Å². The third-order valence-corrected chi connectivity index (χ3v) is 5.76. The fourth-order valence-electron chi connectivity index (χ4n) is 4.01. The molecule has 1 aliphatic heterocycles. The Balaban J connectivity index is 0.00000306. The van der Waals surface area contributed by atoms with Crippen molar-refractivity contribution in [1.29, 1.82) is 0 Å². The van der Waals surface area contributed by atoms with Crippen molar-refractivity contribution < 1.29 is 0 Å². The highest BCUT2D eigenvalue weighted by atomic mass is 127. The molecular weight excluding hydrogens is 527 g/mol. The number of aromatic nitrogens is 3. The summed E-state index contributed by atoms with van der Waals surface area (Å²) < 4.78 is 1.98. The average molecular weight is 563 g/mol. The fraction of sp³-hybridized carbons (Fsp3) is 0.458. The van der Waals surface area contributed by atoms with Gasteiger partial charge in [0, 0.05) is 52.0 Å². The number of hydrogen-bond acceptors (Lipinski definition) is 5. The first-order valence-corrected chi connectivity index (χ1v) is 11.6. The number of halogens is 1. The Hall–Kier alpha value is -2.24. The second-order valence-corrected chi connectivity index (χ2v) is 8.12. The second kappa shape index (κ2) is 13.5. The van der Waals surface area contributed by atoms with Crippen molar-refractivity contribution in [3.05, 3.63) is 66.1 Å². The highest BCUT2D eigenvalue weighted by Gasteiger charge is 2.16. The quantitative estimate of drug-likeness (QED) is 0.181.